The van der Waals surface area contributed by atoms with Crippen LogP contribution in [-0.4, -0.2) is 12.6 Å². The van der Waals surface area contributed by atoms with Crippen molar-refractivity contribution in [2.24, 2.45) is 5.92 Å². The molecule has 1 aliphatic heterocycles. The van der Waals surface area contributed by atoms with Crippen molar-refractivity contribution in [3.05, 3.63) is 40.4 Å². The minimum Gasteiger partial charge on any atom is -0.310 e. The topological polar surface area (TPSA) is 12.0 Å². The molecular formula is C15H20BrN. The Balaban J connectivity index is 1.98. The van der Waals surface area contributed by atoms with Crippen LogP contribution in [-0.2, 0) is 0 Å². The number of benzene rings is 1. The second-order valence-electron chi connectivity index (χ2n) is 4.74. The molecule has 1 fully saturated rings. The van der Waals surface area contributed by atoms with Crippen LogP contribution < -0.4 is 5.32 Å². The molecule has 0 aromatic heterocycles. The highest BCUT2D eigenvalue weighted by molar-refractivity contribution is 9.10. The fourth-order valence-electron chi connectivity index (χ4n) is 2.38. The van der Waals surface area contributed by atoms with E-state index >= 15 is 0 Å². The number of hydrogen-bond acceptors (Lipinski definition) is 1. The highest BCUT2D eigenvalue weighted by Crippen LogP contribution is 2.22. The van der Waals surface area contributed by atoms with Crippen LogP contribution in [0.4, 0.5) is 0 Å². The maximum atomic E-state index is 3.58. The lowest BCUT2D eigenvalue weighted by molar-refractivity contribution is 0.326. The Hall–Kier alpha value is -0.600. The first kappa shape index (κ1) is 12.8. The molecular weight excluding hydrogens is 274 g/mol. The third-order valence-electron chi connectivity index (χ3n) is 3.54. The summed E-state index contributed by atoms with van der Waals surface area (Å²) in [5.74, 6) is 0.894. The Kier molecular flexibility index (Phi) is 4.81. The van der Waals surface area contributed by atoms with Gasteiger partial charge in [-0.05, 0) is 36.9 Å². The standard InChI is InChI=1S/C15H20BrN/c1-2-12-9-10-17-14(11-12)8-7-13-5-3-4-6-15(13)16/h3-8,12,14,17H,2,9-11H2,1H3/b8-7+. The summed E-state index contributed by atoms with van der Waals surface area (Å²) in [6, 6.07) is 8.89. The van der Waals surface area contributed by atoms with E-state index in [4.69, 9.17) is 0 Å². The van der Waals surface area contributed by atoms with Crippen LogP contribution in [0.2, 0.25) is 0 Å². The second-order valence-corrected chi connectivity index (χ2v) is 5.59. The molecule has 0 amide bonds. The van der Waals surface area contributed by atoms with Crippen LogP contribution in [0.3, 0.4) is 0 Å². The van der Waals surface area contributed by atoms with Crippen molar-refractivity contribution in [2.45, 2.75) is 32.2 Å². The Bertz CT molecular complexity index is 386. The van der Waals surface area contributed by atoms with Gasteiger partial charge in [-0.25, -0.2) is 0 Å². The lowest BCUT2D eigenvalue weighted by atomic mass is 9.90. The fraction of sp³-hybridized carbons (Fsp3) is 0.467. The van der Waals surface area contributed by atoms with E-state index < -0.39 is 0 Å². The molecule has 92 valence electrons. The van der Waals surface area contributed by atoms with E-state index in [0.29, 0.717) is 6.04 Å². The maximum absolute atomic E-state index is 3.58. The predicted octanol–water partition coefficient (Wildman–Crippen LogP) is 4.24. The molecule has 1 saturated heterocycles. The van der Waals surface area contributed by atoms with Crippen LogP contribution in [0.15, 0.2) is 34.8 Å². The normalized spacial score (nSPS) is 25.3. The summed E-state index contributed by atoms with van der Waals surface area (Å²) in [4.78, 5) is 0. The average Bonchev–Trinajstić information content (AvgIpc) is 2.38. The van der Waals surface area contributed by atoms with E-state index in [1.807, 2.05) is 6.07 Å². The number of hydrogen-bond donors (Lipinski definition) is 1. The Labute approximate surface area is 112 Å². The Morgan fingerprint density at radius 2 is 2.24 bits per heavy atom. The van der Waals surface area contributed by atoms with E-state index in [-0.39, 0.29) is 0 Å². The largest absolute Gasteiger partial charge is 0.310 e. The molecule has 1 heterocycles. The molecule has 1 aliphatic rings. The van der Waals surface area contributed by atoms with E-state index in [9.17, 15) is 0 Å². The predicted molar refractivity (Wildman–Crippen MR) is 78.0 cm³/mol. The fourth-order valence-corrected chi connectivity index (χ4v) is 2.80. The third kappa shape index (κ3) is 3.68. The quantitative estimate of drug-likeness (QED) is 0.879. The highest BCUT2D eigenvalue weighted by Gasteiger charge is 2.17. The van der Waals surface area contributed by atoms with Crippen LogP contribution in [0.5, 0.6) is 0 Å². The first-order chi connectivity index (χ1) is 8.29. The first-order valence-electron chi connectivity index (χ1n) is 6.45. The highest BCUT2D eigenvalue weighted by atomic mass is 79.9. The second kappa shape index (κ2) is 6.36. The van der Waals surface area contributed by atoms with Crippen LogP contribution in [0.1, 0.15) is 31.7 Å². The minimum absolute atomic E-state index is 0.542. The number of piperidine rings is 1. The van der Waals surface area contributed by atoms with Crippen molar-refractivity contribution < 1.29 is 0 Å². The van der Waals surface area contributed by atoms with Crippen molar-refractivity contribution in [3.63, 3.8) is 0 Å². The van der Waals surface area contributed by atoms with Crippen LogP contribution in [0.25, 0.3) is 6.08 Å². The molecule has 0 radical (unpaired) electrons. The van der Waals surface area contributed by atoms with Crippen LogP contribution in [0, 0.1) is 5.92 Å². The van der Waals surface area contributed by atoms with Gasteiger partial charge < -0.3 is 5.32 Å². The van der Waals surface area contributed by atoms with Crippen LogP contribution >= 0.6 is 15.9 Å². The smallest absolute Gasteiger partial charge is 0.0255 e. The van der Waals surface area contributed by atoms with Gasteiger partial charge in [0.05, 0.1) is 0 Å². The van der Waals surface area contributed by atoms with Crippen molar-refractivity contribution in [3.8, 4) is 0 Å². The molecule has 2 heteroatoms. The number of nitrogens with one attached hydrogen (secondary N) is 1. The maximum Gasteiger partial charge on any atom is 0.0255 e. The lowest BCUT2D eigenvalue weighted by Crippen LogP contribution is -2.36. The molecule has 0 saturated carbocycles. The molecule has 17 heavy (non-hydrogen) atoms. The molecule has 1 N–H and O–H groups in total. The van der Waals surface area contributed by atoms with Gasteiger partial charge in [-0.3, -0.25) is 0 Å². The summed E-state index contributed by atoms with van der Waals surface area (Å²) in [6.45, 7) is 3.45. The average molecular weight is 294 g/mol. The molecule has 1 aromatic rings. The molecule has 1 nitrogen and oxygen atoms in total. The van der Waals surface area contributed by atoms with Gasteiger partial charge in [0.15, 0.2) is 0 Å². The SMILES string of the molecule is CCC1CCNC(/C=C/c2ccccc2Br)C1. The molecule has 0 spiro atoms. The third-order valence-corrected chi connectivity index (χ3v) is 4.26. The van der Waals surface area contributed by atoms with Gasteiger partial charge in [0.1, 0.15) is 0 Å². The summed E-state index contributed by atoms with van der Waals surface area (Å²) < 4.78 is 1.17. The van der Waals surface area contributed by atoms with Crippen molar-refractivity contribution in [1.82, 2.24) is 5.32 Å². The van der Waals surface area contributed by atoms with Crippen molar-refractivity contribution in [1.29, 1.82) is 0 Å². The first-order valence-corrected chi connectivity index (χ1v) is 7.25. The summed E-state index contributed by atoms with van der Waals surface area (Å²) in [5, 5.41) is 3.57. The van der Waals surface area contributed by atoms with Gasteiger partial charge in [-0.1, -0.05) is 59.6 Å². The van der Waals surface area contributed by atoms with E-state index in [1.165, 1.54) is 29.3 Å². The zero-order valence-corrected chi connectivity index (χ0v) is 11.9. The summed E-state index contributed by atoms with van der Waals surface area (Å²) in [6.07, 6.45) is 8.44. The van der Waals surface area contributed by atoms with E-state index in [0.717, 1.165) is 12.5 Å². The minimum atomic E-state index is 0.542. The van der Waals surface area contributed by atoms with E-state index in [2.05, 4.69) is 58.5 Å². The molecule has 2 rings (SSSR count). The zero-order valence-electron chi connectivity index (χ0n) is 10.3. The lowest BCUT2D eigenvalue weighted by Gasteiger charge is -2.27. The summed E-state index contributed by atoms with van der Waals surface area (Å²) in [5.41, 5.74) is 1.26. The molecule has 1 aromatic carbocycles. The van der Waals surface area contributed by atoms with E-state index in [1.54, 1.807) is 0 Å². The Morgan fingerprint density at radius 1 is 1.41 bits per heavy atom. The van der Waals surface area contributed by atoms with Gasteiger partial charge in [0, 0.05) is 10.5 Å². The van der Waals surface area contributed by atoms with Crippen molar-refractivity contribution in [2.75, 3.05) is 6.54 Å². The van der Waals surface area contributed by atoms with Gasteiger partial charge in [0.25, 0.3) is 0 Å². The number of rotatable bonds is 3. The molecule has 0 aliphatic carbocycles. The number of halogens is 1. The van der Waals surface area contributed by atoms with Gasteiger partial charge in [0.2, 0.25) is 0 Å². The Morgan fingerprint density at radius 3 is 3.00 bits per heavy atom. The van der Waals surface area contributed by atoms with Gasteiger partial charge in [-0.2, -0.15) is 0 Å². The monoisotopic (exact) mass is 293 g/mol. The van der Waals surface area contributed by atoms with Gasteiger partial charge >= 0.3 is 0 Å². The summed E-state index contributed by atoms with van der Waals surface area (Å²) in [7, 11) is 0. The molecule has 2 atom stereocenters. The summed E-state index contributed by atoms with van der Waals surface area (Å²) >= 11 is 3.58. The van der Waals surface area contributed by atoms with Crippen molar-refractivity contribution >= 4 is 22.0 Å². The molecule has 2 unspecified atom stereocenters. The zero-order chi connectivity index (χ0) is 12.1. The molecule has 0 bridgehead atoms. The van der Waals surface area contributed by atoms with Gasteiger partial charge in [-0.15, -0.1) is 0 Å².